The van der Waals surface area contributed by atoms with Crippen molar-refractivity contribution in [2.24, 2.45) is 5.92 Å². The maximum absolute atomic E-state index is 5.77. The van der Waals surface area contributed by atoms with Crippen LogP contribution >= 0.6 is 0 Å². The molecule has 3 heteroatoms. The first-order valence-electron chi connectivity index (χ1n) is 7.84. The standard InChI is InChI=1S/C15H29NO2/c1-2-5-15(6-3-1)16-9-4-10-18-13-14-7-11-17-12-8-14/h14-16H,1-13H2. The highest BCUT2D eigenvalue weighted by Crippen LogP contribution is 2.17. The quantitative estimate of drug-likeness (QED) is 0.710. The fourth-order valence-corrected chi connectivity index (χ4v) is 2.95. The molecule has 1 N–H and O–H groups in total. The van der Waals surface area contributed by atoms with Crippen molar-refractivity contribution in [3.05, 3.63) is 0 Å². The van der Waals surface area contributed by atoms with E-state index in [1.165, 1.54) is 44.9 Å². The molecule has 0 bridgehead atoms. The SMILES string of the molecule is C1CCC(NCCCOCC2CCOCC2)CC1. The Morgan fingerprint density at radius 2 is 1.78 bits per heavy atom. The summed E-state index contributed by atoms with van der Waals surface area (Å²) in [5.74, 6) is 0.741. The van der Waals surface area contributed by atoms with Crippen LogP contribution in [-0.4, -0.2) is 39.0 Å². The second-order valence-electron chi connectivity index (χ2n) is 5.77. The minimum absolute atomic E-state index is 0.741. The maximum Gasteiger partial charge on any atom is 0.0495 e. The van der Waals surface area contributed by atoms with Gasteiger partial charge in [-0.05, 0) is 44.6 Å². The van der Waals surface area contributed by atoms with Crippen LogP contribution in [0.3, 0.4) is 0 Å². The highest BCUT2D eigenvalue weighted by molar-refractivity contribution is 4.71. The van der Waals surface area contributed by atoms with Crippen LogP contribution in [0.5, 0.6) is 0 Å². The molecule has 1 saturated heterocycles. The van der Waals surface area contributed by atoms with Gasteiger partial charge in [0.25, 0.3) is 0 Å². The maximum atomic E-state index is 5.77. The molecule has 0 atom stereocenters. The second kappa shape index (κ2) is 8.89. The van der Waals surface area contributed by atoms with Gasteiger partial charge in [0.2, 0.25) is 0 Å². The van der Waals surface area contributed by atoms with Gasteiger partial charge in [-0.3, -0.25) is 0 Å². The molecule has 0 unspecified atom stereocenters. The number of nitrogens with one attached hydrogen (secondary N) is 1. The lowest BCUT2D eigenvalue weighted by molar-refractivity contribution is 0.0201. The van der Waals surface area contributed by atoms with E-state index in [0.29, 0.717) is 0 Å². The Morgan fingerprint density at radius 3 is 2.56 bits per heavy atom. The number of hydrogen-bond acceptors (Lipinski definition) is 3. The van der Waals surface area contributed by atoms with E-state index in [9.17, 15) is 0 Å². The predicted molar refractivity (Wildman–Crippen MR) is 73.9 cm³/mol. The van der Waals surface area contributed by atoms with E-state index < -0.39 is 0 Å². The molecule has 0 aromatic heterocycles. The van der Waals surface area contributed by atoms with E-state index in [1.54, 1.807) is 0 Å². The van der Waals surface area contributed by atoms with Crippen molar-refractivity contribution in [1.82, 2.24) is 5.32 Å². The van der Waals surface area contributed by atoms with Gasteiger partial charge in [-0.25, -0.2) is 0 Å². The number of ether oxygens (including phenoxy) is 2. The van der Waals surface area contributed by atoms with Crippen molar-refractivity contribution in [1.29, 1.82) is 0 Å². The molecule has 1 heterocycles. The first-order chi connectivity index (χ1) is 8.95. The van der Waals surface area contributed by atoms with Crippen LogP contribution in [0.4, 0.5) is 0 Å². The largest absolute Gasteiger partial charge is 0.381 e. The Morgan fingerprint density at radius 1 is 1.00 bits per heavy atom. The molecule has 1 aliphatic heterocycles. The Kier molecular flexibility index (Phi) is 7.06. The summed E-state index contributed by atoms with van der Waals surface area (Å²) in [6, 6.07) is 0.786. The van der Waals surface area contributed by atoms with Gasteiger partial charge in [0, 0.05) is 32.5 Å². The zero-order valence-electron chi connectivity index (χ0n) is 11.7. The fraction of sp³-hybridized carbons (Fsp3) is 1.00. The van der Waals surface area contributed by atoms with E-state index in [0.717, 1.165) is 51.4 Å². The zero-order valence-corrected chi connectivity index (χ0v) is 11.7. The lowest BCUT2D eigenvalue weighted by Crippen LogP contribution is -2.32. The molecular formula is C15H29NO2. The van der Waals surface area contributed by atoms with E-state index in [2.05, 4.69) is 5.32 Å². The van der Waals surface area contributed by atoms with E-state index >= 15 is 0 Å². The van der Waals surface area contributed by atoms with Gasteiger partial charge in [0.1, 0.15) is 0 Å². The molecule has 2 aliphatic rings. The number of rotatable bonds is 7. The summed E-state index contributed by atoms with van der Waals surface area (Å²) in [7, 11) is 0. The van der Waals surface area contributed by atoms with Crippen molar-refractivity contribution in [2.75, 3.05) is 33.0 Å². The van der Waals surface area contributed by atoms with Crippen LogP contribution in [0.25, 0.3) is 0 Å². The van der Waals surface area contributed by atoms with Gasteiger partial charge in [0.05, 0.1) is 0 Å². The summed E-state index contributed by atoms with van der Waals surface area (Å²) in [4.78, 5) is 0. The molecule has 3 nitrogen and oxygen atoms in total. The van der Waals surface area contributed by atoms with Crippen molar-refractivity contribution in [3.8, 4) is 0 Å². The third-order valence-electron chi connectivity index (χ3n) is 4.20. The highest BCUT2D eigenvalue weighted by Gasteiger charge is 2.14. The lowest BCUT2D eigenvalue weighted by Gasteiger charge is -2.23. The zero-order chi connectivity index (χ0) is 12.5. The third kappa shape index (κ3) is 5.68. The van der Waals surface area contributed by atoms with Crippen LogP contribution in [0.2, 0.25) is 0 Å². The van der Waals surface area contributed by atoms with Crippen molar-refractivity contribution in [3.63, 3.8) is 0 Å². The molecule has 0 amide bonds. The molecule has 0 aromatic rings. The molecule has 0 radical (unpaired) electrons. The second-order valence-corrected chi connectivity index (χ2v) is 5.77. The van der Waals surface area contributed by atoms with Gasteiger partial charge in [-0.15, -0.1) is 0 Å². The van der Waals surface area contributed by atoms with E-state index in [4.69, 9.17) is 9.47 Å². The monoisotopic (exact) mass is 255 g/mol. The molecule has 1 saturated carbocycles. The summed E-state index contributed by atoms with van der Waals surface area (Å²) >= 11 is 0. The normalized spacial score (nSPS) is 23.3. The molecule has 2 rings (SSSR count). The van der Waals surface area contributed by atoms with Gasteiger partial charge < -0.3 is 14.8 Å². The fourth-order valence-electron chi connectivity index (χ4n) is 2.95. The predicted octanol–water partition coefficient (Wildman–Crippen LogP) is 2.74. The minimum atomic E-state index is 0.741. The van der Waals surface area contributed by atoms with Gasteiger partial charge in [-0.1, -0.05) is 19.3 Å². The molecular weight excluding hydrogens is 226 g/mol. The Hall–Kier alpha value is -0.120. The van der Waals surface area contributed by atoms with Crippen LogP contribution in [0, 0.1) is 5.92 Å². The topological polar surface area (TPSA) is 30.5 Å². The molecule has 1 aliphatic carbocycles. The molecule has 18 heavy (non-hydrogen) atoms. The first kappa shape index (κ1) is 14.3. The van der Waals surface area contributed by atoms with Crippen molar-refractivity contribution >= 4 is 0 Å². The van der Waals surface area contributed by atoms with Gasteiger partial charge >= 0.3 is 0 Å². The molecule has 2 fully saturated rings. The molecule has 106 valence electrons. The highest BCUT2D eigenvalue weighted by atomic mass is 16.5. The summed E-state index contributed by atoms with van der Waals surface area (Å²) < 4.78 is 11.1. The van der Waals surface area contributed by atoms with Crippen molar-refractivity contribution in [2.45, 2.75) is 57.4 Å². The van der Waals surface area contributed by atoms with Gasteiger partial charge in [-0.2, -0.15) is 0 Å². The molecule has 0 aromatic carbocycles. The lowest BCUT2D eigenvalue weighted by atomic mass is 9.95. The van der Waals surface area contributed by atoms with Crippen LogP contribution in [0.1, 0.15) is 51.4 Å². The van der Waals surface area contributed by atoms with Crippen LogP contribution in [0.15, 0.2) is 0 Å². The summed E-state index contributed by atoms with van der Waals surface area (Å²) in [6.07, 6.45) is 10.5. The van der Waals surface area contributed by atoms with Crippen molar-refractivity contribution < 1.29 is 9.47 Å². The van der Waals surface area contributed by atoms with Gasteiger partial charge in [0.15, 0.2) is 0 Å². The summed E-state index contributed by atoms with van der Waals surface area (Å²) in [6.45, 7) is 4.83. The van der Waals surface area contributed by atoms with E-state index in [-0.39, 0.29) is 0 Å². The Labute approximate surface area is 112 Å². The Bertz CT molecular complexity index is 177. The van der Waals surface area contributed by atoms with E-state index in [1.807, 2.05) is 0 Å². The summed E-state index contributed by atoms with van der Waals surface area (Å²) in [5, 5.41) is 3.66. The minimum Gasteiger partial charge on any atom is -0.381 e. The molecule has 0 spiro atoms. The van der Waals surface area contributed by atoms with Crippen LogP contribution in [-0.2, 0) is 9.47 Å². The Balaban J connectivity index is 1.39. The van der Waals surface area contributed by atoms with Crippen LogP contribution < -0.4 is 5.32 Å². The first-order valence-corrected chi connectivity index (χ1v) is 7.84. The third-order valence-corrected chi connectivity index (χ3v) is 4.20. The average Bonchev–Trinajstić information content (AvgIpc) is 2.45. The smallest absolute Gasteiger partial charge is 0.0495 e. The summed E-state index contributed by atoms with van der Waals surface area (Å²) in [5.41, 5.74) is 0. The average molecular weight is 255 g/mol. The number of hydrogen-bond donors (Lipinski definition) is 1.